The quantitative estimate of drug-likeness (QED) is 0.177. The average molecular weight is 242 g/mol. The Labute approximate surface area is 98.9 Å². The number of rotatable bonds is 7. The van der Waals surface area contributed by atoms with Crippen LogP contribution < -0.4 is 10.2 Å². The number of hydrogen-bond donors (Lipinski definition) is 0. The lowest BCUT2D eigenvalue weighted by Gasteiger charge is -2.26. The number of carbonyl (C=O) groups is 3. The van der Waals surface area contributed by atoms with Gasteiger partial charge in [0.25, 0.3) is 0 Å². The van der Waals surface area contributed by atoms with E-state index in [0.717, 1.165) is 0 Å². The molecule has 96 valence electrons. The SMILES string of the molecule is CCC(C)(CC)OC=C(C(=O)[O-])C(=O)C(=O)[O-]. The minimum Gasteiger partial charge on any atom is -0.545 e. The summed E-state index contributed by atoms with van der Waals surface area (Å²) in [4.78, 5) is 31.8. The zero-order chi connectivity index (χ0) is 13.6. The van der Waals surface area contributed by atoms with Gasteiger partial charge >= 0.3 is 0 Å². The lowest BCUT2D eigenvalue weighted by atomic mass is 10.0. The third-order valence-corrected chi connectivity index (χ3v) is 2.61. The molecule has 0 aliphatic carbocycles. The molecule has 0 N–H and O–H groups in total. The summed E-state index contributed by atoms with van der Waals surface area (Å²) in [6.45, 7) is 5.34. The second-order valence-corrected chi connectivity index (χ2v) is 3.71. The summed E-state index contributed by atoms with van der Waals surface area (Å²) in [5, 5.41) is 20.8. The Morgan fingerprint density at radius 2 is 1.59 bits per heavy atom. The molecule has 6 heteroatoms. The fraction of sp³-hybridized carbons (Fsp3) is 0.545. The Kier molecular flexibility index (Phi) is 5.37. The van der Waals surface area contributed by atoms with Crippen LogP contribution in [0.2, 0.25) is 0 Å². The number of hydrogen-bond acceptors (Lipinski definition) is 6. The van der Waals surface area contributed by atoms with Crippen LogP contribution in [-0.4, -0.2) is 23.3 Å². The Hall–Kier alpha value is -1.85. The number of Topliss-reactive ketones (excluding diaryl/α,β-unsaturated/α-hetero) is 1. The summed E-state index contributed by atoms with van der Waals surface area (Å²) in [6, 6.07) is 0. The molecule has 0 heterocycles. The van der Waals surface area contributed by atoms with E-state index in [-0.39, 0.29) is 0 Å². The third-order valence-electron chi connectivity index (χ3n) is 2.61. The van der Waals surface area contributed by atoms with Crippen molar-refractivity contribution in [2.45, 2.75) is 39.2 Å². The number of carbonyl (C=O) groups excluding carboxylic acids is 3. The lowest BCUT2D eigenvalue weighted by molar-refractivity contribution is -0.304. The van der Waals surface area contributed by atoms with E-state index in [2.05, 4.69) is 0 Å². The topological polar surface area (TPSA) is 107 Å². The Balaban J connectivity index is 5.04. The minimum absolute atomic E-state index is 0.569. The summed E-state index contributed by atoms with van der Waals surface area (Å²) < 4.78 is 5.13. The van der Waals surface area contributed by atoms with Crippen LogP contribution in [0.15, 0.2) is 11.8 Å². The molecule has 17 heavy (non-hydrogen) atoms. The van der Waals surface area contributed by atoms with Gasteiger partial charge in [0.05, 0.1) is 17.8 Å². The van der Waals surface area contributed by atoms with Crippen molar-refractivity contribution >= 4 is 17.7 Å². The molecule has 0 aromatic carbocycles. The van der Waals surface area contributed by atoms with Gasteiger partial charge in [-0.1, -0.05) is 13.8 Å². The molecule has 0 aromatic rings. The van der Waals surface area contributed by atoms with Crippen LogP contribution in [0.4, 0.5) is 0 Å². The van der Waals surface area contributed by atoms with E-state index in [1.807, 2.05) is 13.8 Å². The molecule has 0 amide bonds. The second kappa shape index (κ2) is 6.03. The first kappa shape index (κ1) is 15.2. The highest BCUT2D eigenvalue weighted by Crippen LogP contribution is 2.20. The predicted molar refractivity (Wildman–Crippen MR) is 53.2 cm³/mol. The average Bonchev–Trinajstić information content (AvgIpc) is 2.28. The molecule has 0 aromatic heterocycles. The van der Waals surface area contributed by atoms with Crippen molar-refractivity contribution in [3.05, 3.63) is 11.8 Å². The lowest BCUT2D eigenvalue weighted by Crippen LogP contribution is -2.39. The zero-order valence-electron chi connectivity index (χ0n) is 9.94. The van der Waals surface area contributed by atoms with Crippen molar-refractivity contribution in [1.82, 2.24) is 0 Å². The van der Waals surface area contributed by atoms with E-state index >= 15 is 0 Å². The Bertz CT molecular complexity index is 351. The highest BCUT2D eigenvalue weighted by molar-refractivity contribution is 6.44. The standard InChI is InChI=1S/C11H16O6/c1-4-11(3,5-2)17-6-7(9(13)14)8(12)10(15)16/h6H,4-5H2,1-3H3,(H,13,14)(H,15,16)/p-2. The molecule has 0 unspecified atom stereocenters. The molecular weight excluding hydrogens is 228 g/mol. The summed E-state index contributed by atoms with van der Waals surface area (Å²) >= 11 is 0. The molecule has 0 saturated heterocycles. The van der Waals surface area contributed by atoms with Crippen LogP contribution in [0.1, 0.15) is 33.6 Å². The maximum Gasteiger partial charge on any atom is 0.213 e. The number of ketones is 1. The van der Waals surface area contributed by atoms with E-state index in [1.54, 1.807) is 6.92 Å². The van der Waals surface area contributed by atoms with Crippen LogP contribution in [0.3, 0.4) is 0 Å². The van der Waals surface area contributed by atoms with Gasteiger partial charge in [0.15, 0.2) is 0 Å². The number of aliphatic carboxylic acids is 2. The van der Waals surface area contributed by atoms with E-state index in [9.17, 15) is 24.6 Å². The van der Waals surface area contributed by atoms with Gasteiger partial charge in [-0.05, 0) is 19.8 Å². The molecular formula is C11H14O6-2. The first-order chi connectivity index (χ1) is 7.77. The van der Waals surface area contributed by atoms with Crippen molar-refractivity contribution in [3.63, 3.8) is 0 Å². The maximum atomic E-state index is 10.9. The molecule has 0 atom stereocenters. The smallest absolute Gasteiger partial charge is 0.213 e. The molecule has 0 aliphatic heterocycles. The first-order valence-corrected chi connectivity index (χ1v) is 5.12. The monoisotopic (exact) mass is 242 g/mol. The van der Waals surface area contributed by atoms with Crippen molar-refractivity contribution in [2.24, 2.45) is 0 Å². The summed E-state index contributed by atoms with van der Waals surface area (Å²) in [5.41, 5.74) is -1.72. The van der Waals surface area contributed by atoms with Gasteiger partial charge in [0.1, 0.15) is 11.6 Å². The van der Waals surface area contributed by atoms with Crippen molar-refractivity contribution in [1.29, 1.82) is 0 Å². The molecule has 0 spiro atoms. The largest absolute Gasteiger partial charge is 0.545 e. The van der Waals surface area contributed by atoms with Crippen LogP contribution in [0, 0.1) is 0 Å². The molecule has 0 saturated carbocycles. The molecule has 0 bridgehead atoms. The summed E-state index contributed by atoms with van der Waals surface area (Å²) in [6.07, 6.45) is 1.75. The maximum absolute atomic E-state index is 10.9. The van der Waals surface area contributed by atoms with Gasteiger partial charge in [-0.3, -0.25) is 4.79 Å². The summed E-state index contributed by atoms with van der Waals surface area (Å²) in [5.74, 6) is -5.69. The molecule has 0 rings (SSSR count). The van der Waals surface area contributed by atoms with Gasteiger partial charge in [0.2, 0.25) is 5.78 Å². The van der Waals surface area contributed by atoms with Gasteiger partial charge in [-0.15, -0.1) is 0 Å². The van der Waals surface area contributed by atoms with E-state index in [0.29, 0.717) is 19.1 Å². The molecule has 6 nitrogen and oxygen atoms in total. The number of ether oxygens (including phenoxy) is 1. The predicted octanol–water partition coefficient (Wildman–Crippen LogP) is -1.47. The van der Waals surface area contributed by atoms with E-state index in [1.165, 1.54) is 0 Å². The Morgan fingerprint density at radius 3 is 1.88 bits per heavy atom. The highest BCUT2D eigenvalue weighted by Gasteiger charge is 2.21. The van der Waals surface area contributed by atoms with Crippen LogP contribution in [-0.2, 0) is 19.1 Å². The first-order valence-electron chi connectivity index (χ1n) is 5.12. The normalized spacial score (nSPS) is 12.1. The van der Waals surface area contributed by atoms with E-state index < -0.39 is 28.9 Å². The van der Waals surface area contributed by atoms with Crippen LogP contribution in [0.25, 0.3) is 0 Å². The second-order valence-electron chi connectivity index (χ2n) is 3.71. The zero-order valence-corrected chi connectivity index (χ0v) is 9.94. The minimum atomic E-state index is -2.11. The highest BCUT2D eigenvalue weighted by atomic mass is 16.5. The van der Waals surface area contributed by atoms with E-state index in [4.69, 9.17) is 4.74 Å². The van der Waals surface area contributed by atoms with Gasteiger partial charge in [0, 0.05) is 0 Å². The van der Waals surface area contributed by atoms with Crippen molar-refractivity contribution in [2.75, 3.05) is 0 Å². The summed E-state index contributed by atoms with van der Waals surface area (Å²) in [7, 11) is 0. The van der Waals surface area contributed by atoms with Gasteiger partial charge in [-0.2, -0.15) is 0 Å². The number of carboxylic acids is 2. The third kappa shape index (κ3) is 4.26. The van der Waals surface area contributed by atoms with Crippen molar-refractivity contribution < 1.29 is 29.3 Å². The fourth-order valence-corrected chi connectivity index (χ4v) is 0.922. The fourth-order valence-electron chi connectivity index (χ4n) is 0.922. The van der Waals surface area contributed by atoms with Gasteiger partial charge < -0.3 is 24.5 Å². The van der Waals surface area contributed by atoms with Crippen LogP contribution >= 0.6 is 0 Å². The molecule has 0 fully saturated rings. The number of carboxylic acid groups (broad SMARTS) is 2. The van der Waals surface area contributed by atoms with Gasteiger partial charge in [-0.25, -0.2) is 0 Å². The Morgan fingerprint density at radius 1 is 1.12 bits per heavy atom. The van der Waals surface area contributed by atoms with Crippen LogP contribution in [0.5, 0.6) is 0 Å². The van der Waals surface area contributed by atoms with Crippen molar-refractivity contribution in [3.8, 4) is 0 Å². The molecule has 0 aliphatic rings. The molecule has 0 radical (unpaired) electrons.